The highest BCUT2D eigenvalue weighted by atomic mass is 16.5. The molecular weight excluding hydrogens is 392 g/mol. The van der Waals surface area contributed by atoms with Crippen molar-refractivity contribution < 1.29 is 9.47 Å². The average molecular weight is 429 g/mol. The van der Waals surface area contributed by atoms with Crippen molar-refractivity contribution in [3.8, 4) is 11.5 Å². The first kappa shape index (κ1) is 22.0. The highest BCUT2D eigenvalue weighted by Crippen LogP contribution is 2.37. The Balaban J connectivity index is 1.65. The van der Waals surface area contributed by atoms with Gasteiger partial charge in [0, 0.05) is 37.8 Å². The van der Waals surface area contributed by atoms with E-state index in [0.29, 0.717) is 0 Å². The molecule has 2 aromatic rings. The number of piperazine rings is 1. The van der Waals surface area contributed by atoms with E-state index in [9.17, 15) is 0 Å². The lowest BCUT2D eigenvalue weighted by atomic mass is 9.93. The second kappa shape index (κ2) is 9.96. The third kappa shape index (κ3) is 4.70. The smallest absolute Gasteiger partial charge is 0.173 e. The fourth-order valence-electron chi connectivity index (χ4n) is 5.11. The van der Waals surface area contributed by atoms with Gasteiger partial charge >= 0.3 is 0 Å². The van der Waals surface area contributed by atoms with Crippen LogP contribution in [-0.4, -0.2) is 76.4 Å². The molecule has 1 aliphatic carbocycles. The average Bonchev–Trinajstić information content (AvgIpc) is 3.30. The molecule has 2 fully saturated rings. The zero-order valence-electron chi connectivity index (χ0n) is 19.3. The van der Waals surface area contributed by atoms with Crippen molar-refractivity contribution >= 4 is 0 Å². The minimum atomic E-state index is -0.0871. The van der Waals surface area contributed by atoms with E-state index in [0.717, 1.165) is 55.1 Å². The fraction of sp³-hybridized carbons (Fsp3) is 0.696. The number of tetrazole rings is 1. The van der Waals surface area contributed by atoms with E-state index < -0.39 is 0 Å². The predicted octanol–water partition coefficient (Wildman–Crippen LogP) is 3.31. The molecule has 1 atom stereocenters. The van der Waals surface area contributed by atoms with Gasteiger partial charge < -0.3 is 9.47 Å². The lowest BCUT2D eigenvalue weighted by Gasteiger charge is -2.43. The minimum absolute atomic E-state index is 0.0871. The maximum absolute atomic E-state index is 5.76. The van der Waals surface area contributed by atoms with Gasteiger partial charge in [0.25, 0.3) is 0 Å². The highest BCUT2D eigenvalue weighted by molar-refractivity contribution is 5.44. The van der Waals surface area contributed by atoms with Crippen LogP contribution in [0.4, 0.5) is 0 Å². The maximum Gasteiger partial charge on any atom is 0.173 e. The number of nitrogens with zero attached hydrogens (tertiary/aromatic N) is 6. The number of benzene rings is 1. The molecule has 0 radical (unpaired) electrons. The summed E-state index contributed by atoms with van der Waals surface area (Å²) < 4.78 is 13.2. The molecule has 8 nitrogen and oxygen atoms in total. The van der Waals surface area contributed by atoms with E-state index >= 15 is 0 Å². The van der Waals surface area contributed by atoms with E-state index in [-0.39, 0.29) is 12.1 Å². The first-order valence-corrected chi connectivity index (χ1v) is 11.6. The Kier molecular flexibility index (Phi) is 7.07. The van der Waals surface area contributed by atoms with Gasteiger partial charge in [-0.25, -0.2) is 4.68 Å². The number of hydrogen-bond donors (Lipinski definition) is 0. The number of hydrogen-bond acceptors (Lipinski definition) is 7. The van der Waals surface area contributed by atoms with Crippen LogP contribution in [0, 0.1) is 0 Å². The third-order valence-corrected chi connectivity index (χ3v) is 6.79. The molecule has 4 rings (SSSR count). The monoisotopic (exact) mass is 428 g/mol. The topological polar surface area (TPSA) is 68.5 Å². The molecule has 1 aromatic carbocycles. The molecular formula is C23H36N6O2. The van der Waals surface area contributed by atoms with Gasteiger partial charge in [-0.3, -0.25) is 9.80 Å². The molecule has 1 aromatic heterocycles. The van der Waals surface area contributed by atoms with E-state index in [4.69, 9.17) is 9.47 Å². The summed E-state index contributed by atoms with van der Waals surface area (Å²) in [5.41, 5.74) is 1.05. The van der Waals surface area contributed by atoms with Crippen LogP contribution >= 0.6 is 0 Å². The van der Waals surface area contributed by atoms with Crippen LogP contribution in [0.3, 0.4) is 0 Å². The Morgan fingerprint density at radius 3 is 2.35 bits per heavy atom. The summed E-state index contributed by atoms with van der Waals surface area (Å²) in [6.45, 7) is 8.34. The van der Waals surface area contributed by atoms with Crippen LogP contribution in [0.25, 0.3) is 0 Å². The molecule has 0 bridgehead atoms. The summed E-state index contributed by atoms with van der Waals surface area (Å²) in [5.74, 6) is 2.50. The van der Waals surface area contributed by atoms with Gasteiger partial charge in [0.1, 0.15) is 17.5 Å². The van der Waals surface area contributed by atoms with Crippen LogP contribution in [0.15, 0.2) is 18.2 Å². The van der Waals surface area contributed by atoms with Crippen molar-refractivity contribution in [1.29, 1.82) is 0 Å². The summed E-state index contributed by atoms with van der Waals surface area (Å²) in [7, 11) is 3.41. The Morgan fingerprint density at radius 2 is 1.71 bits per heavy atom. The molecule has 31 heavy (non-hydrogen) atoms. The molecule has 2 aliphatic rings. The Bertz CT molecular complexity index is 840. The standard InChI is InChI=1S/C23H36N6O2/c1-17(2)29-23(24-25-26-29)22(20-16-19(30-3)10-11-21(20)31-4)28-14-12-27(13-15-28)18-8-6-5-7-9-18/h10-11,16-18,22H,5-9,12-15H2,1-4H3. The number of aromatic nitrogens is 4. The van der Waals surface area contributed by atoms with Gasteiger partial charge in [-0.2, -0.15) is 0 Å². The second-order valence-corrected chi connectivity index (χ2v) is 8.95. The fourth-order valence-corrected chi connectivity index (χ4v) is 5.11. The summed E-state index contributed by atoms with van der Waals surface area (Å²) in [6, 6.07) is 6.82. The predicted molar refractivity (Wildman–Crippen MR) is 120 cm³/mol. The Labute approximate surface area is 185 Å². The van der Waals surface area contributed by atoms with Gasteiger partial charge in [-0.1, -0.05) is 19.3 Å². The van der Waals surface area contributed by atoms with Crippen LogP contribution in [0.2, 0.25) is 0 Å². The molecule has 0 spiro atoms. The zero-order chi connectivity index (χ0) is 21.8. The number of rotatable bonds is 7. The van der Waals surface area contributed by atoms with Gasteiger partial charge in [0.2, 0.25) is 0 Å². The summed E-state index contributed by atoms with van der Waals surface area (Å²) in [4.78, 5) is 5.20. The van der Waals surface area contributed by atoms with Crippen LogP contribution in [-0.2, 0) is 0 Å². The van der Waals surface area contributed by atoms with Crippen molar-refractivity contribution in [2.24, 2.45) is 0 Å². The van der Waals surface area contributed by atoms with Gasteiger partial charge in [0.15, 0.2) is 5.82 Å². The van der Waals surface area contributed by atoms with E-state index in [1.807, 2.05) is 16.8 Å². The first-order valence-electron chi connectivity index (χ1n) is 11.6. The highest BCUT2D eigenvalue weighted by Gasteiger charge is 2.34. The SMILES string of the molecule is COc1ccc(OC)c(C(c2nnnn2C(C)C)N2CCN(C3CCCCC3)CC2)c1. The van der Waals surface area contributed by atoms with Crippen LogP contribution in [0.1, 0.15) is 69.4 Å². The lowest BCUT2D eigenvalue weighted by Crippen LogP contribution is -2.52. The van der Waals surface area contributed by atoms with E-state index in [1.165, 1.54) is 32.1 Å². The molecule has 1 aliphatic heterocycles. The van der Waals surface area contributed by atoms with Crippen molar-refractivity contribution in [3.63, 3.8) is 0 Å². The van der Waals surface area contributed by atoms with Crippen molar-refractivity contribution in [3.05, 3.63) is 29.6 Å². The van der Waals surface area contributed by atoms with Crippen molar-refractivity contribution in [2.75, 3.05) is 40.4 Å². The lowest BCUT2D eigenvalue weighted by molar-refractivity contribution is 0.0611. The summed E-state index contributed by atoms with van der Waals surface area (Å²) in [6.07, 6.45) is 6.83. The van der Waals surface area contributed by atoms with Gasteiger partial charge in [-0.15, -0.1) is 5.10 Å². The van der Waals surface area contributed by atoms with Crippen molar-refractivity contribution in [2.45, 2.75) is 64.1 Å². The molecule has 1 saturated carbocycles. The quantitative estimate of drug-likeness (QED) is 0.670. The minimum Gasteiger partial charge on any atom is -0.497 e. The molecule has 8 heteroatoms. The third-order valence-electron chi connectivity index (χ3n) is 6.79. The normalized spacial score (nSPS) is 20.2. The molecule has 0 amide bonds. The molecule has 1 unspecified atom stereocenters. The zero-order valence-corrected chi connectivity index (χ0v) is 19.3. The number of ether oxygens (including phenoxy) is 2. The molecule has 1 saturated heterocycles. The molecule has 170 valence electrons. The Morgan fingerprint density at radius 1 is 0.968 bits per heavy atom. The van der Waals surface area contributed by atoms with Crippen LogP contribution in [0.5, 0.6) is 11.5 Å². The van der Waals surface area contributed by atoms with Crippen LogP contribution < -0.4 is 9.47 Å². The molecule has 2 heterocycles. The van der Waals surface area contributed by atoms with E-state index in [1.54, 1.807) is 14.2 Å². The van der Waals surface area contributed by atoms with Crippen molar-refractivity contribution in [1.82, 2.24) is 30.0 Å². The molecule has 0 N–H and O–H groups in total. The Hall–Kier alpha value is -2.19. The van der Waals surface area contributed by atoms with E-state index in [2.05, 4.69) is 45.2 Å². The first-order chi connectivity index (χ1) is 15.1. The summed E-state index contributed by atoms with van der Waals surface area (Å²) in [5, 5.41) is 12.8. The second-order valence-electron chi connectivity index (χ2n) is 8.95. The number of methoxy groups -OCH3 is 2. The van der Waals surface area contributed by atoms with Gasteiger partial charge in [0.05, 0.1) is 20.3 Å². The largest absolute Gasteiger partial charge is 0.497 e. The van der Waals surface area contributed by atoms with Gasteiger partial charge in [-0.05, 0) is 55.3 Å². The maximum atomic E-state index is 5.76. The summed E-state index contributed by atoms with van der Waals surface area (Å²) >= 11 is 0.